The number of methoxy groups -OCH3 is 2. The number of hydrogen-bond acceptors (Lipinski definition) is 6. The van der Waals surface area contributed by atoms with Gasteiger partial charge in [-0.25, -0.2) is 15.0 Å². The maximum absolute atomic E-state index is 5.46. The predicted octanol–water partition coefficient (Wildman–Crippen LogP) is 3.56. The van der Waals surface area contributed by atoms with Crippen molar-refractivity contribution < 1.29 is 9.47 Å². The van der Waals surface area contributed by atoms with Crippen molar-refractivity contribution in [3.8, 4) is 22.9 Å². The van der Waals surface area contributed by atoms with E-state index in [-0.39, 0.29) is 0 Å². The zero-order chi connectivity index (χ0) is 21.2. The van der Waals surface area contributed by atoms with Gasteiger partial charge in [0.25, 0.3) is 0 Å². The number of aromatic amines is 1. The molecule has 0 aliphatic carbocycles. The number of imidazole rings is 3. The molecule has 0 amide bonds. The van der Waals surface area contributed by atoms with E-state index in [1.165, 1.54) is 0 Å². The van der Waals surface area contributed by atoms with Gasteiger partial charge in [-0.05, 0) is 24.3 Å². The summed E-state index contributed by atoms with van der Waals surface area (Å²) in [4.78, 5) is 16.5. The van der Waals surface area contributed by atoms with Gasteiger partial charge in [0.15, 0.2) is 0 Å². The molecule has 31 heavy (non-hydrogen) atoms. The molecule has 2 N–H and O–H groups in total. The predicted molar refractivity (Wildman–Crippen MR) is 117 cm³/mol. The second kappa shape index (κ2) is 7.86. The molecule has 9 nitrogen and oxygen atoms in total. The van der Waals surface area contributed by atoms with Gasteiger partial charge in [-0.3, -0.25) is 0 Å². The quantitative estimate of drug-likeness (QED) is 0.422. The van der Waals surface area contributed by atoms with Crippen LogP contribution in [0.2, 0.25) is 0 Å². The minimum atomic E-state index is 0.478. The molecular formula is C22H21N7O2. The number of ether oxygens (including phenoxy) is 2. The summed E-state index contributed by atoms with van der Waals surface area (Å²) < 4.78 is 14.8. The van der Waals surface area contributed by atoms with E-state index in [9.17, 15) is 0 Å². The Kier molecular flexibility index (Phi) is 4.75. The Balaban J connectivity index is 1.51. The molecule has 9 heteroatoms. The first-order valence-corrected chi connectivity index (χ1v) is 9.71. The highest BCUT2D eigenvalue weighted by Crippen LogP contribution is 2.34. The number of anilines is 1. The van der Waals surface area contributed by atoms with E-state index in [1.54, 1.807) is 39.3 Å². The Morgan fingerprint density at radius 1 is 0.935 bits per heavy atom. The molecule has 0 saturated carbocycles. The van der Waals surface area contributed by atoms with E-state index in [2.05, 4.69) is 26.3 Å². The van der Waals surface area contributed by atoms with Crippen molar-refractivity contribution in [3.63, 3.8) is 0 Å². The number of aromatic nitrogens is 6. The van der Waals surface area contributed by atoms with Crippen molar-refractivity contribution >= 4 is 16.7 Å². The molecule has 0 atom stereocenters. The van der Waals surface area contributed by atoms with Crippen molar-refractivity contribution in [3.05, 3.63) is 73.6 Å². The van der Waals surface area contributed by atoms with Gasteiger partial charge in [0.1, 0.15) is 23.0 Å². The molecule has 0 unspecified atom stereocenters. The van der Waals surface area contributed by atoms with Crippen LogP contribution in [-0.4, -0.2) is 43.3 Å². The minimum Gasteiger partial charge on any atom is -0.494 e. The van der Waals surface area contributed by atoms with E-state index in [0.29, 0.717) is 18.0 Å². The summed E-state index contributed by atoms with van der Waals surface area (Å²) in [6, 6.07) is 9.76. The van der Waals surface area contributed by atoms with Crippen molar-refractivity contribution in [2.24, 2.45) is 0 Å². The van der Waals surface area contributed by atoms with Crippen LogP contribution in [0.15, 0.2) is 67.8 Å². The Morgan fingerprint density at radius 2 is 1.58 bits per heavy atom. The molecule has 3 heterocycles. The molecule has 156 valence electrons. The van der Waals surface area contributed by atoms with E-state index >= 15 is 0 Å². The third-order valence-electron chi connectivity index (χ3n) is 5.05. The number of rotatable bonds is 7. The van der Waals surface area contributed by atoms with Crippen LogP contribution in [0.25, 0.3) is 22.4 Å². The van der Waals surface area contributed by atoms with Crippen LogP contribution in [0.4, 0.5) is 5.69 Å². The van der Waals surface area contributed by atoms with E-state index in [4.69, 9.17) is 14.5 Å². The molecule has 5 rings (SSSR count). The van der Waals surface area contributed by atoms with Crippen molar-refractivity contribution in [1.82, 2.24) is 29.1 Å². The van der Waals surface area contributed by atoms with Gasteiger partial charge < -0.3 is 28.9 Å². The normalized spacial score (nSPS) is 11.0. The number of H-pyrrole nitrogens is 1. The van der Waals surface area contributed by atoms with Gasteiger partial charge >= 0.3 is 0 Å². The maximum Gasteiger partial charge on any atom is 0.145 e. The number of hydrogen-bond donors (Lipinski definition) is 2. The van der Waals surface area contributed by atoms with E-state index in [1.807, 2.05) is 45.8 Å². The molecule has 0 aliphatic rings. The SMILES string of the molecule is COc1cccc(OC)c1NCc1nc2cc(-n3ccnc3)c(-n3ccnc3)cc2[nH]1. The summed E-state index contributed by atoms with van der Waals surface area (Å²) in [5.41, 5.74) is 4.50. The first-order valence-electron chi connectivity index (χ1n) is 9.71. The van der Waals surface area contributed by atoms with Gasteiger partial charge in [-0.2, -0.15) is 0 Å². The van der Waals surface area contributed by atoms with E-state index < -0.39 is 0 Å². The van der Waals surface area contributed by atoms with E-state index in [0.717, 1.165) is 33.9 Å². The second-order valence-electron chi connectivity index (χ2n) is 6.87. The average molecular weight is 415 g/mol. The van der Waals surface area contributed by atoms with Gasteiger partial charge in [-0.1, -0.05) is 6.07 Å². The van der Waals surface area contributed by atoms with Gasteiger partial charge in [-0.15, -0.1) is 0 Å². The zero-order valence-electron chi connectivity index (χ0n) is 17.1. The minimum absolute atomic E-state index is 0.478. The third kappa shape index (κ3) is 3.46. The lowest BCUT2D eigenvalue weighted by Gasteiger charge is -2.13. The average Bonchev–Trinajstić information content (AvgIpc) is 3.57. The molecule has 0 spiro atoms. The summed E-state index contributed by atoms with van der Waals surface area (Å²) in [6.07, 6.45) is 10.9. The molecule has 0 saturated heterocycles. The number of fused-ring (bicyclic) bond motifs is 1. The summed E-state index contributed by atoms with van der Waals surface area (Å²) in [6.45, 7) is 0.478. The molecule has 0 radical (unpaired) electrons. The van der Waals surface area contributed by atoms with Crippen LogP contribution >= 0.6 is 0 Å². The lowest BCUT2D eigenvalue weighted by molar-refractivity contribution is 0.397. The van der Waals surface area contributed by atoms with Gasteiger partial charge in [0, 0.05) is 24.8 Å². The lowest BCUT2D eigenvalue weighted by atomic mass is 10.2. The maximum atomic E-state index is 5.46. The highest BCUT2D eigenvalue weighted by Gasteiger charge is 2.14. The Labute approximate surface area is 178 Å². The highest BCUT2D eigenvalue weighted by atomic mass is 16.5. The van der Waals surface area contributed by atoms with Crippen LogP contribution in [0.3, 0.4) is 0 Å². The van der Waals surface area contributed by atoms with Crippen molar-refractivity contribution in [2.45, 2.75) is 6.54 Å². The Morgan fingerprint density at radius 3 is 2.16 bits per heavy atom. The topological polar surface area (TPSA) is 94.8 Å². The van der Waals surface area contributed by atoms with Crippen LogP contribution in [0.1, 0.15) is 5.82 Å². The number of benzene rings is 2. The first kappa shape index (κ1) is 18.7. The number of para-hydroxylation sites is 1. The van der Waals surface area contributed by atoms with Crippen LogP contribution in [0.5, 0.6) is 11.5 Å². The summed E-state index contributed by atoms with van der Waals surface area (Å²) in [5, 5.41) is 3.37. The van der Waals surface area contributed by atoms with Crippen LogP contribution in [-0.2, 0) is 6.54 Å². The second-order valence-corrected chi connectivity index (χ2v) is 6.87. The molecule has 2 aromatic carbocycles. The van der Waals surface area contributed by atoms with Gasteiger partial charge in [0.2, 0.25) is 0 Å². The largest absolute Gasteiger partial charge is 0.494 e. The molecular weight excluding hydrogens is 394 g/mol. The fourth-order valence-electron chi connectivity index (χ4n) is 3.59. The Bertz CT molecular complexity index is 1210. The molecule has 0 bridgehead atoms. The third-order valence-corrected chi connectivity index (χ3v) is 5.05. The summed E-state index contributed by atoms with van der Waals surface area (Å²) in [7, 11) is 3.27. The summed E-state index contributed by atoms with van der Waals surface area (Å²) in [5.74, 6) is 2.21. The molecule has 5 aromatic rings. The molecule has 0 fully saturated rings. The first-order chi connectivity index (χ1) is 15.3. The van der Waals surface area contributed by atoms with Crippen molar-refractivity contribution in [1.29, 1.82) is 0 Å². The number of nitrogens with one attached hydrogen (secondary N) is 2. The fraction of sp³-hybridized carbons (Fsp3) is 0.136. The zero-order valence-corrected chi connectivity index (χ0v) is 17.1. The van der Waals surface area contributed by atoms with Crippen LogP contribution < -0.4 is 14.8 Å². The fourth-order valence-corrected chi connectivity index (χ4v) is 3.59. The van der Waals surface area contributed by atoms with Crippen LogP contribution in [0, 0.1) is 0 Å². The lowest BCUT2D eigenvalue weighted by Crippen LogP contribution is -2.04. The number of nitrogens with zero attached hydrogens (tertiary/aromatic N) is 5. The standard InChI is InChI=1S/C22H21N7O2/c1-30-19-4-3-5-20(31-2)22(19)25-12-21-26-15-10-17(28-8-6-23-13-28)18(11-16(15)27-21)29-9-7-24-14-29/h3-11,13-14,25H,12H2,1-2H3,(H,26,27). The van der Waals surface area contributed by atoms with Crippen molar-refractivity contribution in [2.75, 3.05) is 19.5 Å². The molecule has 0 aliphatic heterocycles. The highest BCUT2D eigenvalue weighted by molar-refractivity contribution is 5.82. The monoisotopic (exact) mass is 415 g/mol. The Hall–Kier alpha value is -4.27. The smallest absolute Gasteiger partial charge is 0.145 e. The summed E-state index contributed by atoms with van der Waals surface area (Å²) >= 11 is 0. The molecule has 3 aromatic heterocycles. The van der Waals surface area contributed by atoms with Gasteiger partial charge in [0.05, 0.1) is 55.8 Å².